The van der Waals surface area contributed by atoms with Crippen LogP contribution in [-0.2, 0) is 11.2 Å². The fourth-order valence-electron chi connectivity index (χ4n) is 3.02. The molecule has 1 N–H and O–H groups in total. The summed E-state index contributed by atoms with van der Waals surface area (Å²) in [4.78, 5) is 21.3. The van der Waals surface area contributed by atoms with Crippen LogP contribution in [0.25, 0.3) is 0 Å². The first kappa shape index (κ1) is 14.4. The third kappa shape index (κ3) is 2.64. The van der Waals surface area contributed by atoms with Crippen LogP contribution in [0.4, 0.5) is 10.1 Å². The molecule has 6 heteroatoms. The summed E-state index contributed by atoms with van der Waals surface area (Å²) in [5.74, 6) is -1.46. The summed E-state index contributed by atoms with van der Waals surface area (Å²) < 4.78 is 13.6. The Balaban J connectivity index is 2.26. The zero-order valence-electron chi connectivity index (χ0n) is 11.1. The Labute approximate surface area is 115 Å². The Morgan fingerprint density at radius 1 is 1.60 bits per heavy atom. The summed E-state index contributed by atoms with van der Waals surface area (Å²) in [5, 5.41) is 20.0. The predicted octanol–water partition coefficient (Wildman–Crippen LogP) is 3.17. The van der Waals surface area contributed by atoms with Gasteiger partial charge in [0.25, 0.3) is 0 Å². The number of halogens is 1. The Morgan fingerprint density at radius 2 is 2.30 bits per heavy atom. The largest absolute Gasteiger partial charge is 0.481 e. The van der Waals surface area contributed by atoms with Crippen LogP contribution in [0.1, 0.15) is 31.7 Å². The molecule has 2 atom stereocenters. The second-order valence-corrected chi connectivity index (χ2v) is 5.65. The highest BCUT2D eigenvalue weighted by Gasteiger charge is 2.44. The normalized spacial score (nSPS) is 25.6. The molecule has 0 radical (unpaired) electrons. The topological polar surface area (TPSA) is 80.4 Å². The molecule has 0 heterocycles. The molecule has 1 aliphatic carbocycles. The Kier molecular flexibility index (Phi) is 3.74. The maximum Gasteiger partial charge on any atom is 0.309 e. The van der Waals surface area contributed by atoms with Gasteiger partial charge in [0.15, 0.2) is 0 Å². The van der Waals surface area contributed by atoms with Gasteiger partial charge in [0.2, 0.25) is 5.82 Å². The van der Waals surface area contributed by atoms with Crippen molar-refractivity contribution in [2.75, 3.05) is 0 Å². The van der Waals surface area contributed by atoms with Crippen molar-refractivity contribution in [2.24, 2.45) is 11.3 Å². The average molecular weight is 281 g/mol. The monoisotopic (exact) mass is 281 g/mol. The van der Waals surface area contributed by atoms with Crippen LogP contribution < -0.4 is 0 Å². The molecule has 0 aliphatic heterocycles. The van der Waals surface area contributed by atoms with E-state index in [1.54, 1.807) is 0 Å². The molecule has 2 unspecified atom stereocenters. The lowest BCUT2D eigenvalue weighted by Gasteiger charge is -2.24. The molecule has 1 aromatic carbocycles. The van der Waals surface area contributed by atoms with Crippen molar-refractivity contribution in [3.8, 4) is 0 Å². The van der Waals surface area contributed by atoms with Crippen molar-refractivity contribution in [3.63, 3.8) is 0 Å². The van der Waals surface area contributed by atoms with Crippen LogP contribution >= 0.6 is 0 Å². The summed E-state index contributed by atoms with van der Waals surface area (Å²) in [6.07, 6.45) is 2.16. The number of hydrogen-bond acceptors (Lipinski definition) is 3. The summed E-state index contributed by atoms with van der Waals surface area (Å²) >= 11 is 0. The molecule has 5 nitrogen and oxygen atoms in total. The molecule has 108 valence electrons. The van der Waals surface area contributed by atoms with Gasteiger partial charge in [0, 0.05) is 6.07 Å². The van der Waals surface area contributed by atoms with Gasteiger partial charge in [-0.25, -0.2) is 0 Å². The van der Waals surface area contributed by atoms with Crippen LogP contribution in [0.15, 0.2) is 18.2 Å². The summed E-state index contributed by atoms with van der Waals surface area (Å²) in [6.45, 7) is 2.00. The van der Waals surface area contributed by atoms with E-state index in [9.17, 15) is 24.4 Å². The third-order valence-corrected chi connectivity index (χ3v) is 4.06. The van der Waals surface area contributed by atoms with Crippen molar-refractivity contribution >= 4 is 11.7 Å². The number of carbonyl (C=O) groups is 1. The highest BCUT2D eigenvalue weighted by atomic mass is 19.1. The number of carboxylic acid groups (broad SMARTS) is 1. The first-order chi connectivity index (χ1) is 9.34. The van der Waals surface area contributed by atoms with Gasteiger partial charge in [-0.05, 0) is 43.2 Å². The average Bonchev–Trinajstić information content (AvgIpc) is 2.71. The van der Waals surface area contributed by atoms with Gasteiger partial charge in [-0.15, -0.1) is 0 Å². The maximum atomic E-state index is 13.6. The second-order valence-electron chi connectivity index (χ2n) is 5.65. The Bertz CT molecular complexity index is 560. The molecule has 1 aromatic rings. The van der Waals surface area contributed by atoms with E-state index < -0.39 is 27.8 Å². The molecule has 0 saturated heterocycles. The predicted molar refractivity (Wildman–Crippen MR) is 69.8 cm³/mol. The van der Waals surface area contributed by atoms with Crippen molar-refractivity contribution < 1.29 is 19.2 Å². The van der Waals surface area contributed by atoms with E-state index in [2.05, 4.69) is 0 Å². The standard InChI is InChI=1S/C14H16FNO4/c1-9-4-5-14(7-9,13(17)18)8-10-2-3-12(16(19)20)11(15)6-10/h2-3,6,9H,4-5,7-8H2,1H3,(H,17,18). The quantitative estimate of drug-likeness (QED) is 0.679. The number of aliphatic carboxylic acids is 1. The summed E-state index contributed by atoms with van der Waals surface area (Å²) in [5.41, 5.74) is -0.968. The number of rotatable bonds is 4. The van der Waals surface area contributed by atoms with E-state index in [4.69, 9.17) is 0 Å². The minimum Gasteiger partial charge on any atom is -0.481 e. The van der Waals surface area contributed by atoms with Crippen molar-refractivity contribution in [1.29, 1.82) is 0 Å². The Morgan fingerprint density at radius 3 is 2.75 bits per heavy atom. The molecule has 0 amide bonds. The van der Waals surface area contributed by atoms with Crippen molar-refractivity contribution in [3.05, 3.63) is 39.7 Å². The van der Waals surface area contributed by atoms with Crippen LogP contribution in [0.5, 0.6) is 0 Å². The first-order valence-electron chi connectivity index (χ1n) is 6.50. The second kappa shape index (κ2) is 5.19. The summed E-state index contributed by atoms with van der Waals surface area (Å²) in [7, 11) is 0. The lowest BCUT2D eigenvalue weighted by molar-refractivity contribution is -0.387. The lowest BCUT2D eigenvalue weighted by atomic mass is 9.79. The lowest BCUT2D eigenvalue weighted by Crippen LogP contribution is -2.30. The van der Waals surface area contributed by atoms with Crippen molar-refractivity contribution in [2.45, 2.75) is 32.6 Å². The molecule has 1 fully saturated rings. The molecule has 0 bridgehead atoms. The van der Waals surface area contributed by atoms with E-state index in [0.29, 0.717) is 24.3 Å². The minimum atomic E-state index is -0.918. The fraction of sp³-hybridized carbons (Fsp3) is 0.500. The highest BCUT2D eigenvalue weighted by Crippen LogP contribution is 2.44. The molecule has 0 spiro atoms. The zero-order chi connectivity index (χ0) is 14.9. The molecule has 20 heavy (non-hydrogen) atoms. The number of benzene rings is 1. The number of nitro benzene ring substituents is 1. The van der Waals surface area contributed by atoms with E-state index >= 15 is 0 Å². The first-order valence-corrected chi connectivity index (χ1v) is 6.50. The molecule has 1 aliphatic rings. The molecule has 0 aromatic heterocycles. The van der Waals surface area contributed by atoms with Gasteiger partial charge in [-0.3, -0.25) is 14.9 Å². The third-order valence-electron chi connectivity index (χ3n) is 4.06. The Hall–Kier alpha value is -1.98. The molecule has 1 saturated carbocycles. The number of nitrogens with zero attached hydrogens (tertiary/aromatic N) is 1. The van der Waals surface area contributed by atoms with Gasteiger partial charge in [-0.1, -0.05) is 13.0 Å². The highest BCUT2D eigenvalue weighted by molar-refractivity contribution is 5.75. The van der Waals surface area contributed by atoms with Crippen molar-refractivity contribution in [1.82, 2.24) is 0 Å². The van der Waals surface area contributed by atoms with Crippen LogP contribution in [0, 0.1) is 27.3 Å². The maximum absolute atomic E-state index is 13.6. The number of hydrogen-bond donors (Lipinski definition) is 1. The zero-order valence-corrected chi connectivity index (χ0v) is 11.1. The molecular weight excluding hydrogens is 265 g/mol. The smallest absolute Gasteiger partial charge is 0.309 e. The summed E-state index contributed by atoms with van der Waals surface area (Å²) in [6, 6.07) is 3.61. The van der Waals surface area contributed by atoms with Gasteiger partial charge in [0.1, 0.15) is 0 Å². The number of carboxylic acids is 1. The van der Waals surface area contributed by atoms with Gasteiger partial charge in [0.05, 0.1) is 10.3 Å². The van der Waals surface area contributed by atoms with Crippen LogP contribution in [0.2, 0.25) is 0 Å². The van der Waals surface area contributed by atoms with E-state index in [1.165, 1.54) is 6.07 Å². The van der Waals surface area contributed by atoms with E-state index in [1.807, 2.05) is 6.92 Å². The van der Waals surface area contributed by atoms with Gasteiger partial charge < -0.3 is 5.11 Å². The van der Waals surface area contributed by atoms with Gasteiger partial charge >= 0.3 is 11.7 Å². The van der Waals surface area contributed by atoms with Crippen LogP contribution in [-0.4, -0.2) is 16.0 Å². The van der Waals surface area contributed by atoms with E-state index in [-0.39, 0.29) is 6.42 Å². The number of nitro groups is 1. The molecular formula is C14H16FNO4. The van der Waals surface area contributed by atoms with Gasteiger partial charge in [-0.2, -0.15) is 4.39 Å². The SMILES string of the molecule is CC1CCC(Cc2ccc([N+](=O)[O-])c(F)c2)(C(=O)O)C1. The fourth-order valence-corrected chi connectivity index (χ4v) is 3.02. The minimum absolute atomic E-state index is 0.210. The van der Waals surface area contributed by atoms with Crippen LogP contribution in [0.3, 0.4) is 0 Å². The molecule has 2 rings (SSSR count). The van der Waals surface area contributed by atoms with E-state index in [0.717, 1.165) is 18.6 Å².